The summed E-state index contributed by atoms with van der Waals surface area (Å²) in [4.78, 5) is 11.2. The Kier molecular flexibility index (Phi) is 4.23. The lowest BCUT2D eigenvalue weighted by Crippen LogP contribution is -2.08. The molecule has 0 saturated carbocycles. The third-order valence-corrected chi connectivity index (χ3v) is 3.83. The highest BCUT2D eigenvalue weighted by molar-refractivity contribution is 9.10. The second-order valence-electron chi connectivity index (χ2n) is 3.90. The molecule has 2 rings (SSSR count). The number of rotatable bonds is 3. The van der Waals surface area contributed by atoms with Crippen molar-refractivity contribution in [2.45, 2.75) is 13.5 Å². The lowest BCUT2D eigenvalue weighted by atomic mass is 10.1. The van der Waals surface area contributed by atoms with Crippen LogP contribution in [0.2, 0.25) is 10.0 Å². The first-order valence-corrected chi connectivity index (χ1v) is 7.08. The Morgan fingerprint density at radius 1 is 1.32 bits per heavy atom. The normalized spacial score (nSPS) is 10.7. The fraction of sp³-hybridized carbons (Fsp3) is 0.154. The number of hydrogen-bond acceptors (Lipinski definition) is 1. The smallest absolute Gasteiger partial charge is 0.352 e. The van der Waals surface area contributed by atoms with E-state index in [0.29, 0.717) is 27.8 Å². The first-order valence-electron chi connectivity index (χ1n) is 5.53. The van der Waals surface area contributed by atoms with Gasteiger partial charge in [0, 0.05) is 16.6 Å². The molecule has 0 saturated heterocycles. The van der Waals surface area contributed by atoms with Gasteiger partial charge in [-0.15, -0.1) is 0 Å². The van der Waals surface area contributed by atoms with E-state index in [1.165, 1.54) is 0 Å². The van der Waals surface area contributed by atoms with Gasteiger partial charge in [0.1, 0.15) is 5.69 Å². The van der Waals surface area contributed by atoms with E-state index in [4.69, 9.17) is 28.3 Å². The predicted molar refractivity (Wildman–Crippen MR) is 80.2 cm³/mol. The van der Waals surface area contributed by atoms with Gasteiger partial charge < -0.3 is 9.67 Å². The Labute approximate surface area is 128 Å². The molecule has 2 aromatic rings. The van der Waals surface area contributed by atoms with Crippen molar-refractivity contribution in [2.75, 3.05) is 0 Å². The molecule has 1 N–H and O–H groups in total. The third-order valence-electron chi connectivity index (χ3n) is 2.78. The minimum Gasteiger partial charge on any atom is -0.477 e. The van der Waals surface area contributed by atoms with E-state index in [-0.39, 0.29) is 5.69 Å². The van der Waals surface area contributed by atoms with Gasteiger partial charge in [0.25, 0.3) is 0 Å². The molecule has 0 aliphatic rings. The molecule has 0 atom stereocenters. The first kappa shape index (κ1) is 14.4. The summed E-state index contributed by atoms with van der Waals surface area (Å²) < 4.78 is 2.45. The summed E-state index contributed by atoms with van der Waals surface area (Å²) in [6.07, 6.45) is 0. The first-order chi connectivity index (χ1) is 8.95. The Morgan fingerprint density at radius 3 is 2.37 bits per heavy atom. The largest absolute Gasteiger partial charge is 0.477 e. The van der Waals surface area contributed by atoms with Gasteiger partial charge in [-0.25, -0.2) is 4.79 Å². The molecular formula is C13H10BrCl2NO2. The minimum atomic E-state index is -0.975. The van der Waals surface area contributed by atoms with Crippen molar-refractivity contribution in [2.24, 2.45) is 0 Å². The van der Waals surface area contributed by atoms with Gasteiger partial charge >= 0.3 is 5.97 Å². The van der Waals surface area contributed by atoms with Crippen LogP contribution < -0.4 is 0 Å². The zero-order valence-corrected chi connectivity index (χ0v) is 13.1. The molecule has 0 unspecified atom stereocenters. The van der Waals surface area contributed by atoms with Crippen molar-refractivity contribution in [1.29, 1.82) is 0 Å². The molecule has 19 heavy (non-hydrogen) atoms. The van der Waals surface area contributed by atoms with Gasteiger partial charge in [-0.1, -0.05) is 39.1 Å². The van der Waals surface area contributed by atoms with Gasteiger partial charge in [0.15, 0.2) is 0 Å². The maximum atomic E-state index is 11.2. The molecule has 0 spiro atoms. The Morgan fingerprint density at radius 2 is 1.89 bits per heavy atom. The van der Waals surface area contributed by atoms with E-state index in [2.05, 4.69) is 15.9 Å². The van der Waals surface area contributed by atoms with E-state index in [1.54, 1.807) is 28.8 Å². The molecular weight excluding hydrogens is 353 g/mol. The van der Waals surface area contributed by atoms with Crippen LogP contribution in [0, 0.1) is 0 Å². The zero-order valence-electron chi connectivity index (χ0n) is 9.95. The van der Waals surface area contributed by atoms with Crippen molar-refractivity contribution in [1.82, 2.24) is 4.57 Å². The highest BCUT2D eigenvalue weighted by Gasteiger charge is 2.18. The summed E-state index contributed by atoms with van der Waals surface area (Å²) in [5.41, 5.74) is 1.55. The SMILES string of the molecule is CCn1c(C(=O)O)ccc1-c1c(Cl)cc(Br)cc1Cl. The van der Waals surface area contributed by atoms with Crippen LogP contribution in [0.25, 0.3) is 11.3 Å². The Hall–Kier alpha value is -0.970. The predicted octanol–water partition coefficient (Wildman–Crippen LogP) is 4.94. The zero-order chi connectivity index (χ0) is 14.2. The number of carbonyl (C=O) groups is 1. The van der Waals surface area contributed by atoms with Gasteiger partial charge in [-0.3, -0.25) is 0 Å². The lowest BCUT2D eigenvalue weighted by molar-refractivity contribution is 0.0685. The second kappa shape index (κ2) is 5.57. The summed E-state index contributed by atoms with van der Waals surface area (Å²) in [5.74, 6) is -0.975. The number of aromatic nitrogens is 1. The van der Waals surface area contributed by atoms with E-state index in [1.807, 2.05) is 6.92 Å². The number of nitrogens with zero attached hydrogens (tertiary/aromatic N) is 1. The van der Waals surface area contributed by atoms with Gasteiger partial charge in [0.2, 0.25) is 0 Å². The summed E-state index contributed by atoms with van der Waals surface area (Å²) in [7, 11) is 0. The average molecular weight is 363 g/mol. The van der Waals surface area contributed by atoms with E-state index >= 15 is 0 Å². The highest BCUT2D eigenvalue weighted by atomic mass is 79.9. The molecule has 0 bridgehead atoms. The quantitative estimate of drug-likeness (QED) is 0.839. The summed E-state index contributed by atoms with van der Waals surface area (Å²) >= 11 is 15.7. The van der Waals surface area contributed by atoms with E-state index < -0.39 is 5.97 Å². The molecule has 1 aromatic carbocycles. The second-order valence-corrected chi connectivity index (χ2v) is 5.63. The topological polar surface area (TPSA) is 42.2 Å². The van der Waals surface area contributed by atoms with Crippen LogP contribution in [0.15, 0.2) is 28.7 Å². The molecule has 3 nitrogen and oxygen atoms in total. The Balaban J connectivity index is 2.69. The van der Waals surface area contributed by atoms with Crippen LogP contribution in [0.1, 0.15) is 17.4 Å². The average Bonchev–Trinajstić information content (AvgIpc) is 2.71. The molecule has 1 aromatic heterocycles. The van der Waals surface area contributed by atoms with Crippen molar-refractivity contribution in [3.8, 4) is 11.3 Å². The van der Waals surface area contributed by atoms with Gasteiger partial charge in [-0.05, 0) is 31.2 Å². The number of halogens is 3. The van der Waals surface area contributed by atoms with Gasteiger partial charge in [0.05, 0.1) is 15.7 Å². The number of benzene rings is 1. The monoisotopic (exact) mass is 361 g/mol. The standard InChI is InChI=1S/C13H10BrCl2NO2/c1-2-17-10(3-4-11(17)13(18)19)12-8(15)5-7(14)6-9(12)16/h3-6H,2H2,1H3,(H,18,19). The van der Waals surface area contributed by atoms with E-state index in [0.717, 1.165) is 4.47 Å². The fourth-order valence-electron chi connectivity index (χ4n) is 2.00. The van der Waals surface area contributed by atoms with Crippen molar-refractivity contribution >= 4 is 45.1 Å². The molecule has 0 radical (unpaired) electrons. The van der Waals surface area contributed by atoms with Crippen LogP contribution in [0.5, 0.6) is 0 Å². The maximum absolute atomic E-state index is 11.2. The summed E-state index contributed by atoms with van der Waals surface area (Å²) in [6.45, 7) is 2.39. The highest BCUT2D eigenvalue weighted by Crippen LogP contribution is 2.38. The third kappa shape index (κ3) is 2.66. The van der Waals surface area contributed by atoms with Crippen molar-refractivity contribution in [3.63, 3.8) is 0 Å². The van der Waals surface area contributed by atoms with Gasteiger partial charge in [-0.2, -0.15) is 0 Å². The molecule has 0 aliphatic carbocycles. The van der Waals surface area contributed by atoms with Crippen molar-refractivity contribution < 1.29 is 9.90 Å². The molecule has 100 valence electrons. The van der Waals surface area contributed by atoms with Crippen LogP contribution in [0.4, 0.5) is 0 Å². The molecule has 0 fully saturated rings. The van der Waals surface area contributed by atoms with Crippen LogP contribution in [-0.2, 0) is 6.54 Å². The molecule has 1 heterocycles. The summed E-state index contributed by atoms with van der Waals surface area (Å²) in [5, 5.41) is 10.1. The van der Waals surface area contributed by atoms with Crippen LogP contribution in [-0.4, -0.2) is 15.6 Å². The maximum Gasteiger partial charge on any atom is 0.352 e. The Bertz CT molecular complexity index is 629. The molecule has 0 amide bonds. The minimum absolute atomic E-state index is 0.215. The number of carboxylic acids is 1. The number of carboxylic acid groups (broad SMARTS) is 1. The van der Waals surface area contributed by atoms with Crippen LogP contribution in [0.3, 0.4) is 0 Å². The van der Waals surface area contributed by atoms with E-state index in [9.17, 15) is 4.79 Å². The summed E-state index contributed by atoms with van der Waals surface area (Å²) in [6, 6.07) is 6.73. The van der Waals surface area contributed by atoms with Crippen molar-refractivity contribution in [3.05, 3.63) is 44.5 Å². The molecule has 6 heteroatoms. The molecule has 0 aliphatic heterocycles. The fourth-order valence-corrected chi connectivity index (χ4v) is 3.40. The lowest BCUT2D eigenvalue weighted by Gasteiger charge is -2.12. The number of hydrogen-bond donors (Lipinski definition) is 1. The number of aromatic carboxylic acids is 1. The van der Waals surface area contributed by atoms with Crippen LogP contribution >= 0.6 is 39.1 Å².